The Hall–Kier alpha value is -4.45. The normalized spacial score (nSPS) is 11.3. The smallest absolute Gasteiger partial charge is 0.161 e. The Kier molecular flexibility index (Phi) is 6.45. The van der Waals surface area contributed by atoms with Crippen LogP contribution in [0.4, 0.5) is 0 Å². The molecule has 0 amide bonds. The van der Waals surface area contributed by atoms with Gasteiger partial charge in [0.05, 0.1) is 31.8 Å². The van der Waals surface area contributed by atoms with Gasteiger partial charge < -0.3 is 19.7 Å². The largest absolute Gasteiger partial charge is 0.504 e. The zero-order chi connectivity index (χ0) is 23.2. The summed E-state index contributed by atoms with van der Waals surface area (Å²) in [6.45, 7) is 0. The first-order chi connectivity index (χ1) is 16.1. The van der Waals surface area contributed by atoms with Gasteiger partial charge in [-0.25, -0.2) is 4.68 Å². The zero-order valence-electron chi connectivity index (χ0n) is 18.3. The molecular formula is C27H24N2O4. The molecule has 6 heteroatoms. The molecule has 0 radical (unpaired) electrons. The molecule has 6 nitrogen and oxygen atoms in total. The van der Waals surface area contributed by atoms with Crippen molar-refractivity contribution in [1.29, 1.82) is 0 Å². The van der Waals surface area contributed by atoms with Gasteiger partial charge in [-0.05, 0) is 53.6 Å². The first-order valence-corrected chi connectivity index (χ1v) is 10.3. The van der Waals surface area contributed by atoms with Gasteiger partial charge in [-0.15, -0.1) is 0 Å². The van der Waals surface area contributed by atoms with Crippen LogP contribution in [0.3, 0.4) is 0 Å². The standard InChI is InChI=1S/C27H24N2O4/c1-32-26-16-19(10-14-24(26)30)8-12-21-18-28-29(22-6-4-3-5-7-22)23(21)13-9-20-11-15-25(31)27(17-20)33-2/h3-18,30-31H,1-2H3. The van der Waals surface area contributed by atoms with Crippen molar-refractivity contribution in [2.24, 2.45) is 0 Å². The molecule has 3 aromatic carbocycles. The second-order valence-corrected chi connectivity index (χ2v) is 7.26. The molecule has 4 rings (SSSR count). The van der Waals surface area contributed by atoms with Crippen molar-refractivity contribution in [3.63, 3.8) is 0 Å². The Bertz CT molecular complexity index is 1310. The van der Waals surface area contributed by atoms with E-state index in [-0.39, 0.29) is 11.5 Å². The summed E-state index contributed by atoms with van der Waals surface area (Å²) in [5.41, 5.74) is 4.49. The molecule has 0 saturated carbocycles. The summed E-state index contributed by atoms with van der Waals surface area (Å²) in [5.74, 6) is 1.02. The van der Waals surface area contributed by atoms with E-state index in [0.717, 1.165) is 28.1 Å². The van der Waals surface area contributed by atoms with Gasteiger partial charge in [0.1, 0.15) is 0 Å². The summed E-state index contributed by atoms with van der Waals surface area (Å²) in [5, 5.41) is 24.3. The molecule has 1 heterocycles. The maximum Gasteiger partial charge on any atom is 0.161 e. The van der Waals surface area contributed by atoms with Crippen LogP contribution in [0.5, 0.6) is 23.0 Å². The van der Waals surface area contributed by atoms with Gasteiger partial charge in [0, 0.05) is 5.56 Å². The van der Waals surface area contributed by atoms with E-state index in [4.69, 9.17) is 9.47 Å². The fraction of sp³-hybridized carbons (Fsp3) is 0.0741. The van der Waals surface area contributed by atoms with Crippen LogP contribution >= 0.6 is 0 Å². The van der Waals surface area contributed by atoms with Gasteiger partial charge in [0.15, 0.2) is 23.0 Å². The molecule has 166 valence electrons. The highest BCUT2D eigenvalue weighted by Gasteiger charge is 2.09. The number of aromatic nitrogens is 2. The summed E-state index contributed by atoms with van der Waals surface area (Å²) in [7, 11) is 3.04. The molecule has 1 aromatic heterocycles. The number of nitrogens with zero attached hydrogens (tertiary/aromatic N) is 2. The van der Waals surface area contributed by atoms with Gasteiger partial charge in [0.2, 0.25) is 0 Å². The average molecular weight is 440 g/mol. The highest BCUT2D eigenvalue weighted by molar-refractivity contribution is 5.79. The van der Waals surface area contributed by atoms with Crippen molar-refractivity contribution in [2.75, 3.05) is 14.2 Å². The van der Waals surface area contributed by atoms with Crippen LogP contribution in [0.25, 0.3) is 30.0 Å². The molecule has 0 unspecified atom stereocenters. The summed E-state index contributed by atoms with van der Waals surface area (Å²) in [6.07, 6.45) is 9.63. The third-order valence-electron chi connectivity index (χ3n) is 5.13. The zero-order valence-corrected chi connectivity index (χ0v) is 18.3. The van der Waals surface area contributed by atoms with E-state index in [1.54, 1.807) is 30.5 Å². The number of phenolic OH excluding ortho intramolecular Hbond substituents is 2. The van der Waals surface area contributed by atoms with Crippen LogP contribution in [0.2, 0.25) is 0 Å². The van der Waals surface area contributed by atoms with Crippen LogP contribution < -0.4 is 9.47 Å². The van der Waals surface area contributed by atoms with E-state index >= 15 is 0 Å². The van der Waals surface area contributed by atoms with Crippen LogP contribution in [0, 0.1) is 0 Å². The van der Waals surface area contributed by atoms with Gasteiger partial charge in [-0.1, -0.05) is 48.6 Å². The molecule has 0 bridgehead atoms. The Labute approximate surface area is 192 Å². The molecule has 0 saturated heterocycles. The maximum atomic E-state index is 9.86. The molecule has 0 aliphatic carbocycles. The summed E-state index contributed by atoms with van der Waals surface area (Å²) < 4.78 is 12.3. The monoisotopic (exact) mass is 440 g/mol. The van der Waals surface area contributed by atoms with E-state index < -0.39 is 0 Å². The maximum absolute atomic E-state index is 9.86. The third kappa shape index (κ3) is 4.91. The number of aromatic hydroxyl groups is 2. The van der Waals surface area contributed by atoms with Crippen molar-refractivity contribution >= 4 is 24.3 Å². The molecular weight excluding hydrogens is 416 g/mol. The van der Waals surface area contributed by atoms with Gasteiger partial charge in [0.25, 0.3) is 0 Å². The lowest BCUT2D eigenvalue weighted by Crippen LogP contribution is -1.98. The van der Waals surface area contributed by atoms with Crippen LogP contribution in [0.15, 0.2) is 72.9 Å². The number of ether oxygens (including phenoxy) is 2. The topological polar surface area (TPSA) is 76.7 Å². The molecule has 0 aliphatic heterocycles. The van der Waals surface area contributed by atoms with Crippen LogP contribution in [0.1, 0.15) is 22.4 Å². The SMILES string of the molecule is COc1cc(C=Cc2cnn(-c3ccccc3)c2C=Cc2ccc(O)c(OC)c2)ccc1O. The lowest BCUT2D eigenvalue weighted by molar-refractivity contribution is 0.373. The minimum atomic E-state index is 0.0944. The Morgan fingerprint density at radius 2 is 1.30 bits per heavy atom. The highest BCUT2D eigenvalue weighted by atomic mass is 16.5. The van der Waals surface area contributed by atoms with Crippen molar-refractivity contribution in [2.45, 2.75) is 0 Å². The number of rotatable bonds is 7. The highest BCUT2D eigenvalue weighted by Crippen LogP contribution is 2.29. The molecule has 0 aliphatic rings. The predicted octanol–water partition coefficient (Wildman–Crippen LogP) is 5.64. The predicted molar refractivity (Wildman–Crippen MR) is 131 cm³/mol. The minimum absolute atomic E-state index is 0.0944. The van der Waals surface area contributed by atoms with E-state index in [1.165, 1.54) is 14.2 Å². The average Bonchev–Trinajstić information content (AvgIpc) is 3.26. The number of hydrogen-bond acceptors (Lipinski definition) is 5. The quantitative estimate of drug-likeness (QED) is 0.389. The number of benzene rings is 3. The minimum Gasteiger partial charge on any atom is -0.504 e. The summed E-state index contributed by atoms with van der Waals surface area (Å²) >= 11 is 0. The lowest BCUT2D eigenvalue weighted by atomic mass is 10.1. The van der Waals surface area contributed by atoms with Gasteiger partial charge >= 0.3 is 0 Å². The lowest BCUT2D eigenvalue weighted by Gasteiger charge is -2.06. The van der Waals surface area contributed by atoms with Crippen molar-refractivity contribution < 1.29 is 19.7 Å². The molecule has 33 heavy (non-hydrogen) atoms. The fourth-order valence-electron chi connectivity index (χ4n) is 3.40. The Morgan fingerprint density at radius 1 is 0.727 bits per heavy atom. The van der Waals surface area contributed by atoms with Crippen molar-refractivity contribution in [3.8, 4) is 28.7 Å². The second kappa shape index (κ2) is 9.78. The van der Waals surface area contributed by atoms with Gasteiger partial charge in [-0.3, -0.25) is 0 Å². The molecule has 2 N–H and O–H groups in total. The van der Waals surface area contributed by atoms with Crippen molar-refractivity contribution in [1.82, 2.24) is 9.78 Å². The number of phenols is 2. The van der Waals surface area contributed by atoms with E-state index in [1.807, 2.05) is 71.5 Å². The van der Waals surface area contributed by atoms with E-state index in [9.17, 15) is 10.2 Å². The molecule has 0 atom stereocenters. The summed E-state index contributed by atoms with van der Waals surface area (Å²) in [6, 6.07) is 20.3. The fourth-order valence-corrected chi connectivity index (χ4v) is 3.40. The molecule has 0 fully saturated rings. The van der Waals surface area contributed by atoms with Crippen LogP contribution in [-0.2, 0) is 0 Å². The third-order valence-corrected chi connectivity index (χ3v) is 5.13. The van der Waals surface area contributed by atoms with Crippen molar-refractivity contribution in [3.05, 3.63) is 95.3 Å². The number of hydrogen-bond donors (Lipinski definition) is 2. The Balaban J connectivity index is 1.73. The molecule has 4 aromatic rings. The first kappa shape index (κ1) is 21.8. The van der Waals surface area contributed by atoms with E-state index in [2.05, 4.69) is 5.10 Å². The van der Waals surface area contributed by atoms with E-state index in [0.29, 0.717) is 11.5 Å². The van der Waals surface area contributed by atoms with Crippen LogP contribution in [-0.4, -0.2) is 34.2 Å². The Morgan fingerprint density at radius 3 is 1.88 bits per heavy atom. The van der Waals surface area contributed by atoms with Gasteiger partial charge in [-0.2, -0.15) is 5.10 Å². The molecule has 0 spiro atoms. The number of para-hydroxylation sites is 1. The summed E-state index contributed by atoms with van der Waals surface area (Å²) in [4.78, 5) is 0. The first-order valence-electron chi connectivity index (χ1n) is 10.3. The second-order valence-electron chi connectivity index (χ2n) is 7.26. The number of methoxy groups -OCH3 is 2.